The molecule has 4 heteroatoms. The lowest BCUT2D eigenvalue weighted by Gasteiger charge is -2.28. The van der Waals surface area contributed by atoms with Crippen molar-refractivity contribution in [3.05, 3.63) is 236 Å². The smallest absolute Gasteiger partial charge is 0.0991 e. The lowest BCUT2D eigenvalue weighted by molar-refractivity contribution is 1.18. The summed E-state index contributed by atoms with van der Waals surface area (Å²) >= 11 is 0. The maximum absolute atomic E-state index is 9.73. The van der Waals surface area contributed by atoms with Crippen LogP contribution < -0.4 is 9.80 Å². The van der Waals surface area contributed by atoms with E-state index in [1.807, 2.05) is 24.3 Å². The molecule has 61 heavy (non-hydrogen) atoms. The third-order valence-corrected chi connectivity index (χ3v) is 11.8. The first kappa shape index (κ1) is 35.7. The molecular weight excluding hydrogens is 741 g/mol. The molecule has 1 heterocycles. The van der Waals surface area contributed by atoms with Crippen LogP contribution in [0.15, 0.2) is 231 Å². The van der Waals surface area contributed by atoms with E-state index >= 15 is 0 Å². The fourth-order valence-electron chi connectivity index (χ4n) is 9.00. The number of para-hydroxylation sites is 3. The van der Waals surface area contributed by atoms with Gasteiger partial charge in [-0.25, -0.2) is 0 Å². The summed E-state index contributed by atoms with van der Waals surface area (Å²) < 4.78 is 2.34. The van der Waals surface area contributed by atoms with Crippen molar-refractivity contribution in [1.82, 2.24) is 4.57 Å². The molecule has 4 nitrogen and oxygen atoms in total. The number of aromatic nitrogens is 1. The van der Waals surface area contributed by atoms with E-state index in [0.29, 0.717) is 5.56 Å². The number of nitriles is 1. The van der Waals surface area contributed by atoms with Crippen molar-refractivity contribution < 1.29 is 0 Å². The van der Waals surface area contributed by atoms with Crippen molar-refractivity contribution in [2.45, 2.75) is 0 Å². The number of nitrogens with zero attached hydrogens (tertiary/aromatic N) is 4. The van der Waals surface area contributed by atoms with Crippen LogP contribution in [-0.4, -0.2) is 4.57 Å². The second-order valence-electron chi connectivity index (χ2n) is 15.3. The van der Waals surface area contributed by atoms with Gasteiger partial charge < -0.3 is 14.4 Å². The molecule has 11 rings (SSSR count). The highest BCUT2D eigenvalue weighted by molar-refractivity contribution is 6.12. The highest BCUT2D eigenvalue weighted by Crippen LogP contribution is 2.45. The second-order valence-corrected chi connectivity index (χ2v) is 15.3. The van der Waals surface area contributed by atoms with Crippen LogP contribution in [0.25, 0.3) is 60.2 Å². The Morgan fingerprint density at radius 1 is 0.361 bits per heavy atom. The van der Waals surface area contributed by atoms with Crippen molar-refractivity contribution in [2.75, 3.05) is 9.80 Å². The first-order valence-electron chi connectivity index (χ1n) is 20.6. The predicted molar refractivity (Wildman–Crippen MR) is 255 cm³/mol. The molecule has 286 valence electrons. The zero-order valence-electron chi connectivity index (χ0n) is 33.2. The van der Waals surface area contributed by atoms with E-state index in [4.69, 9.17) is 0 Å². The fraction of sp³-hybridized carbons (Fsp3) is 0. The Bertz CT molecular complexity index is 3410. The van der Waals surface area contributed by atoms with Crippen LogP contribution in [0, 0.1) is 11.3 Å². The van der Waals surface area contributed by atoms with Gasteiger partial charge in [-0.05, 0) is 119 Å². The van der Waals surface area contributed by atoms with E-state index in [9.17, 15) is 5.26 Å². The molecule has 0 aliphatic rings. The maximum Gasteiger partial charge on any atom is 0.0991 e. The summed E-state index contributed by atoms with van der Waals surface area (Å²) in [5.74, 6) is 0. The van der Waals surface area contributed by atoms with Gasteiger partial charge in [0, 0.05) is 50.0 Å². The molecular formula is C57H38N4. The van der Waals surface area contributed by atoms with Crippen LogP contribution in [0.4, 0.5) is 34.1 Å². The van der Waals surface area contributed by atoms with E-state index < -0.39 is 0 Å². The molecule has 0 amide bonds. The first-order valence-corrected chi connectivity index (χ1v) is 20.6. The van der Waals surface area contributed by atoms with Gasteiger partial charge in [-0.1, -0.05) is 133 Å². The molecule has 1 aromatic heterocycles. The summed E-state index contributed by atoms with van der Waals surface area (Å²) in [5.41, 5.74) is 12.7. The zero-order valence-corrected chi connectivity index (χ0v) is 33.2. The van der Waals surface area contributed by atoms with Crippen LogP contribution >= 0.6 is 0 Å². The Kier molecular flexibility index (Phi) is 8.84. The Labute approximate surface area is 354 Å². The van der Waals surface area contributed by atoms with Crippen LogP contribution in [0.1, 0.15) is 5.56 Å². The van der Waals surface area contributed by atoms with Crippen molar-refractivity contribution in [3.63, 3.8) is 0 Å². The standard InChI is InChI=1S/C57H38N4/c58-39-40-26-30-45(31-27-40)60(47-34-36-57-53(38-47)52-23-11-12-24-55(52)61(57)44-18-5-2-6-19-44)56-37-35-48(50-21-9-10-22-51(50)56)42-28-32-46(33-29-42)59(43-16-3-1-4-17-43)54-25-13-15-41-14-7-8-20-49(41)54/h1-38H. The Morgan fingerprint density at radius 2 is 0.902 bits per heavy atom. The van der Waals surface area contributed by atoms with Crippen LogP contribution in [0.5, 0.6) is 0 Å². The number of rotatable bonds is 8. The van der Waals surface area contributed by atoms with Gasteiger partial charge in [0.1, 0.15) is 0 Å². The molecule has 10 aromatic carbocycles. The summed E-state index contributed by atoms with van der Waals surface area (Å²) in [6.07, 6.45) is 0. The van der Waals surface area contributed by atoms with Gasteiger partial charge in [-0.2, -0.15) is 5.26 Å². The number of fused-ring (bicyclic) bond motifs is 5. The normalized spacial score (nSPS) is 11.3. The quantitative estimate of drug-likeness (QED) is 0.154. The van der Waals surface area contributed by atoms with Crippen molar-refractivity contribution >= 4 is 77.5 Å². The molecule has 0 aliphatic carbocycles. The molecule has 0 saturated carbocycles. The molecule has 0 bridgehead atoms. The molecule has 0 unspecified atom stereocenters. The minimum absolute atomic E-state index is 0.625. The predicted octanol–water partition coefficient (Wildman–Crippen LogP) is 15.6. The van der Waals surface area contributed by atoms with Crippen molar-refractivity contribution in [1.29, 1.82) is 5.26 Å². The second kappa shape index (κ2) is 15.1. The third-order valence-electron chi connectivity index (χ3n) is 11.8. The SMILES string of the molecule is N#Cc1ccc(N(c2ccc3c(c2)c2ccccc2n3-c2ccccc2)c2ccc(-c3ccc(N(c4ccccc4)c4cccc5ccccc45)cc3)c3ccccc23)cc1. The van der Waals surface area contributed by atoms with Crippen LogP contribution in [0.2, 0.25) is 0 Å². The Balaban J connectivity index is 1.05. The van der Waals surface area contributed by atoms with Gasteiger partial charge in [0.15, 0.2) is 0 Å². The lowest BCUT2D eigenvalue weighted by Crippen LogP contribution is -2.11. The monoisotopic (exact) mass is 778 g/mol. The summed E-state index contributed by atoms with van der Waals surface area (Å²) in [6, 6.07) is 84.0. The largest absolute Gasteiger partial charge is 0.310 e. The summed E-state index contributed by atoms with van der Waals surface area (Å²) in [7, 11) is 0. The Hall–Kier alpha value is -8.39. The van der Waals surface area contributed by atoms with Gasteiger partial charge in [0.2, 0.25) is 0 Å². The van der Waals surface area contributed by atoms with Gasteiger partial charge >= 0.3 is 0 Å². The van der Waals surface area contributed by atoms with Crippen molar-refractivity contribution in [2.24, 2.45) is 0 Å². The van der Waals surface area contributed by atoms with Gasteiger partial charge in [0.05, 0.1) is 34.0 Å². The summed E-state index contributed by atoms with van der Waals surface area (Å²) in [6.45, 7) is 0. The lowest BCUT2D eigenvalue weighted by atomic mass is 9.96. The van der Waals surface area contributed by atoms with Crippen LogP contribution in [0.3, 0.4) is 0 Å². The molecule has 0 radical (unpaired) electrons. The number of hydrogen-bond donors (Lipinski definition) is 0. The molecule has 11 aromatic rings. The van der Waals surface area contributed by atoms with Crippen LogP contribution in [-0.2, 0) is 0 Å². The number of hydrogen-bond acceptors (Lipinski definition) is 3. The first-order chi connectivity index (χ1) is 30.2. The number of benzene rings is 10. The van der Waals surface area contributed by atoms with E-state index in [0.717, 1.165) is 72.7 Å². The molecule has 0 N–H and O–H groups in total. The van der Waals surface area contributed by atoms with Gasteiger partial charge in [-0.15, -0.1) is 0 Å². The minimum atomic E-state index is 0.625. The third kappa shape index (κ3) is 6.25. The van der Waals surface area contributed by atoms with Gasteiger partial charge in [-0.3, -0.25) is 0 Å². The average molecular weight is 779 g/mol. The minimum Gasteiger partial charge on any atom is -0.310 e. The topological polar surface area (TPSA) is 35.2 Å². The fourth-order valence-corrected chi connectivity index (χ4v) is 9.00. The van der Waals surface area contributed by atoms with Crippen molar-refractivity contribution in [3.8, 4) is 22.9 Å². The maximum atomic E-state index is 9.73. The summed E-state index contributed by atoms with van der Waals surface area (Å²) in [5, 5.41) is 16.8. The average Bonchev–Trinajstić information content (AvgIpc) is 3.67. The van der Waals surface area contributed by atoms with E-state index in [-0.39, 0.29) is 0 Å². The van der Waals surface area contributed by atoms with E-state index in [1.54, 1.807) is 0 Å². The Morgan fingerprint density at radius 3 is 1.66 bits per heavy atom. The van der Waals surface area contributed by atoms with E-state index in [2.05, 4.69) is 227 Å². The molecule has 0 aliphatic heterocycles. The van der Waals surface area contributed by atoms with Gasteiger partial charge in [0.25, 0.3) is 0 Å². The zero-order chi connectivity index (χ0) is 40.7. The molecule has 0 saturated heterocycles. The molecule has 0 atom stereocenters. The molecule has 0 spiro atoms. The molecule has 0 fully saturated rings. The highest BCUT2D eigenvalue weighted by atomic mass is 15.1. The highest BCUT2D eigenvalue weighted by Gasteiger charge is 2.21. The number of anilines is 6. The summed E-state index contributed by atoms with van der Waals surface area (Å²) in [4.78, 5) is 4.67. The van der Waals surface area contributed by atoms with E-state index in [1.165, 1.54) is 21.5 Å².